The van der Waals surface area contributed by atoms with Gasteiger partial charge in [-0.25, -0.2) is 0 Å². The van der Waals surface area contributed by atoms with E-state index in [0.29, 0.717) is 16.2 Å². The Hall–Kier alpha value is -3.17. The van der Waals surface area contributed by atoms with Gasteiger partial charge in [0.25, 0.3) is 5.91 Å². The highest BCUT2D eigenvalue weighted by Crippen LogP contribution is 2.24. The van der Waals surface area contributed by atoms with Gasteiger partial charge in [-0.15, -0.1) is 11.3 Å². The number of rotatable bonds is 10. The van der Waals surface area contributed by atoms with Gasteiger partial charge >= 0.3 is 0 Å². The molecule has 0 bridgehead atoms. The van der Waals surface area contributed by atoms with Crippen molar-refractivity contribution in [3.63, 3.8) is 0 Å². The van der Waals surface area contributed by atoms with Crippen LogP contribution in [0.15, 0.2) is 71.7 Å². The molecule has 2 aromatic heterocycles. The molecule has 4 rings (SSSR count). The Balaban J connectivity index is 1.36. The molecular formula is C26H25ClN2O5S. The fraction of sp³-hybridized carbons (Fsp3) is 0.231. The van der Waals surface area contributed by atoms with Crippen molar-refractivity contribution in [2.75, 3.05) is 13.2 Å². The first kappa shape index (κ1) is 24.9. The van der Waals surface area contributed by atoms with E-state index in [1.54, 1.807) is 36.0 Å². The number of aliphatic hydroxyl groups excluding tert-OH is 1. The van der Waals surface area contributed by atoms with E-state index >= 15 is 0 Å². The number of ether oxygens (including phenoxy) is 2. The van der Waals surface area contributed by atoms with Crippen molar-refractivity contribution in [3.05, 3.63) is 98.1 Å². The monoisotopic (exact) mass is 512 g/mol. The van der Waals surface area contributed by atoms with E-state index in [1.807, 2.05) is 42.5 Å². The standard InChI is InChI=1S/C26H25ClN2O5S/c1-29-13-23(25(32)28-12-17-7-9-18(27)10-8-17)24(31)22-11-21(35-26(22)29)16-33-14-19(30)15-34-20-5-3-2-4-6-20/h2-11,13,19,30H,12,14-16H2,1H3,(H,28,32)/t19-/m1/s1. The zero-order valence-electron chi connectivity index (χ0n) is 19.1. The molecule has 7 nitrogen and oxygen atoms in total. The number of amides is 1. The van der Waals surface area contributed by atoms with E-state index in [4.69, 9.17) is 21.1 Å². The van der Waals surface area contributed by atoms with Gasteiger partial charge in [0.1, 0.15) is 28.9 Å². The number of benzene rings is 2. The molecule has 9 heteroatoms. The fourth-order valence-corrected chi connectivity index (χ4v) is 4.63. The molecule has 2 aromatic carbocycles. The Morgan fingerprint density at radius 2 is 1.89 bits per heavy atom. The van der Waals surface area contributed by atoms with Gasteiger partial charge in [0.2, 0.25) is 5.43 Å². The molecule has 0 aliphatic carbocycles. The molecular weight excluding hydrogens is 488 g/mol. The summed E-state index contributed by atoms with van der Waals surface area (Å²) in [6, 6.07) is 18.1. The molecule has 0 spiro atoms. The lowest BCUT2D eigenvalue weighted by molar-refractivity contribution is 0.00626. The third kappa shape index (κ3) is 6.49. The Kier molecular flexibility index (Phi) is 8.20. The van der Waals surface area contributed by atoms with Gasteiger partial charge in [0.15, 0.2) is 0 Å². The number of para-hydroxylation sites is 1. The molecule has 0 saturated heterocycles. The largest absolute Gasteiger partial charge is 0.491 e. The highest BCUT2D eigenvalue weighted by atomic mass is 35.5. The van der Waals surface area contributed by atoms with Crippen LogP contribution in [0.1, 0.15) is 20.8 Å². The van der Waals surface area contributed by atoms with Crippen LogP contribution in [0.25, 0.3) is 10.2 Å². The van der Waals surface area contributed by atoms with Gasteiger partial charge in [-0.1, -0.05) is 41.9 Å². The lowest BCUT2D eigenvalue weighted by Crippen LogP contribution is -2.29. The molecule has 0 aliphatic rings. The first-order valence-corrected chi connectivity index (χ1v) is 12.2. The number of carbonyl (C=O) groups excluding carboxylic acids is 1. The predicted molar refractivity (Wildman–Crippen MR) is 137 cm³/mol. The molecule has 4 aromatic rings. The highest BCUT2D eigenvalue weighted by Gasteiger charge is 2.17. The van der Waals surface area contributed by atoms with Gasteiger partial charge in [0.05, 0.1) is 18.6 Å². The molecule has 0 fully saturated rings. The first-order chi connectivity index (χ1) is 16.9. The maximum atomic E-state index is 13.0. The maximum absolute atomic E-state index is 13.0. The maximum Gasteiger partial charge on any atom is 0.257 e. The average molecular weight is 513 g/mol. The normalized spacial score (nSPS) is 12.0. The van der Waals surface area contributed by atoms with Crippen molar-refractivity contribution in [2.24, 2.45) is 7.05 Å². The second-order valence-corrected chi connectivity index (χ2v) is 9.57. The van der Waals surface area contributed by atoms with Crippen LogP contribution in [0.3, 0.4) is 0 Å². The smallest absolute Gasteiger partial charge is 0.257 e. The van der Waals surface area contributed by atoms with Crippen LogP contribution >= 0.6 is 22.9 Å². The van der Waals surface area contributed by atoms with Gasteiger partial charge in [-0.3, -0.25) is 9.59 Å². The van der Waals surface area contributed by atoms with Crippen LogP contribution in [0.4, 0.5) is 0 Å². The number of nitrogens with one attached hydrogen (secondary N) is 1. The average Bonchev–Trinajstić information content (AvgIpc) is 3.30. The second kappa shape index (κ2) is 11.5. The number of carbonyl (C=O) groups is 1. The SMILES string of the molecule is Cn1cc(C(=O)NCc2ccc(Cl)cc2)c(=O)c2cc(COC[C@@H](O)COc3ccccc3)sc21. The van der Waals surface area contributed by atoms with Crippen molar-refractivity contribution >= 4 is 39.1 Å². The minimum absolute atomic E-state index is 0.0766. The summed E-state index contributed by atoms with van der Waals surface area (Å²) in [4.78, 5) is 27.3. The third-order valence-corrected chi connectivity index (χ3v) is 6.70. The molecule has 1 amide bonds. The number of fused-ring (bicyclic) bond motifs is 1. The molecule has 0 aliphatic heterocycles. The van der Waals surface area contributed by atoms with Gasteiger partial charge in [0, 0.05) is 29.7 Å². The lowest BCUT2D eigenvalue weighted by Gasteiger charge is -2.12. The molecule has 2 N–H and O–H groups in total. The zero-order chi connectivity index (χ0) is 24.8. The van der Waals surface area contributed by atoms with Crippen LogP contribution in [0.2, 0.25) is 5.02 Å². The minimum atomic E-state index is -0.785. The van der Waals surface area contributed by atoms with Crippen LogP contribution in [0, 0.1) is 0 Å². The molecule has 2 heterocycles. The summed E-state index contributed by atoms with van der Waals surface area (Å²) in [5, 5.41) is 14.0. The Labute approximate surface area is 211 Å². The van der Waals surface area contributed by atoms with Crippen molar-refractivity contribution in [1.82, 2.24) is 9.88 Å². The van der Waals surface area contributed by atoms with Crippen LogP contribution < -0.4 is 15.5 Å². The summed E-state index contributed by atoms with van der Waals surface area (Å²) in [6.45, 7) is 0.732. The Morgan fingerprint density at radius 3 is 2.63 bits per heavy atom. The third-order valence-electron chi connectivity index (χ3n) is 5.25. The summed E-state index contributed by atoms with van der Waals surface area (Å²) < 4.78 is 12.9. The van der Waals surface area contributed by atoms with Crippen molar-refractivity contribution in [1.29, 1.82) is 0 Å². The fourth-order valence-electron chi connectivity index (χ4n) is 3.48. The number of halogens is 1. The van der Waals surface area contributed by atoms with Crippen LogP contribution in [-0.2, 0) is 24.9 Å². The summed E-state index contributed by atoms with van der Waals surface area (Å²) >= 11 is 7.31. The zero-order valence-corrected chi connectivity index (χ0v) is 20.6. The van der Waals surface area contributed by atoms with Crippen LogP contribution in [0.5, 0.6) is 5.75 Å². The number of thiophene rings is 1. The Bertz CT molecular complexity index is 1350. The number of aryl methyl sites for hydroxylation is 1. The number of nitrogens with zero attached hydrogens (tertiary/aromatic N) is 1. The minimum Gasteiger partial charge on any atom is -0.491 e. The van der Waals surface area contributed by atoms with Crippen molar-refractivity contribution in [3.8, 4) is 5.75 Å². The number of aliphatic hydroxyl groups is 1. The lowest BCUT2D eigenvalue weighted by atomic mass is 10.2. The summed E-state index contributed by atoms with van der Waals surface area (Å²) in [7, 11) is 1.80. The quantitative estimate of drug-likeness (QED) is 0.333. The number of pyridine rings is 1. The van der Waals surface area contributed by atoms with Gasteiger partial charge < -0.3 is 24.5 Å². The van der Waals surface area contributed by atoms with Crippen molar-refractivity contribution in [2.45, 2.75) is 19.3 Å². The highest BCUT2D eigenvalue weighted by molar-refractivity contribution is 7.18. The van der Waals surface area contributed by atoms with E-state index in [9.17, 15) is 14.7 Å². The summed E-state index contributed by atoms with van der Waals surface area (Å²) in [6.07, 6.45) is 0.764. The van der Waals surface area contributed by atoms with Crippen molar-refractivity contribution < 1.29 is 19.4 Å². The summed E-state index contributed by atoms with van der Waals surface area (Å²) in [5.74, 6) is 0.243. The van der Waals surface area contributed by atoms with Crippen LogP contribution in [-0.4, -0.2) is 34.9 Å². The first-order valence-electron chi connectivity index (χ1n) is 11.0. The van der Waals surface area contributed by atoms with E-state index in [0.717, 1.165) is 15.3 Å². The molecule has 1 atom stereocenters. The van der Waals surface area contributed by atoms with Gasteiger partial charge in [-0.05, 0) is 35.9 Å². The number of hydrogen-bond acceptors (Lipinski definition) is 6. The molecule has 35 heavy (non-hydrogen) atoms. The topological polar surface area (TPSA) is 89.8 Å². The Morgan fingerprint density at radius 1 is 1.14 bits per heavy atom. The van der Waals surface area contributed by atoms with E-state index in [1.165, 1.54) is 11.3 Å². The number of hydrogen-bond donors (Lipinski definition) is 2. The van der Waals surface area contributed by atoms with Gasteiger partial charge in [-0.2, -0.15) is 0 Å². The number of aromatic nitrogens is 1. The molecule has 0 saturated carbocycles. The molecule has 0 radical (unpaired) electrons. The summed E-state index contributed by atoms with van der Waals surface area (Å²) in [5.41, 5.74) is 0.630. The van der Waals surface area contributed by atoms with E-state index < -0.39 is 12.0 Å². The predicted octanol–water partition coefficient (Wildman–Crippen LogP) is 4.14. The second-order valence-electron chi connectivity index (χ2n) is 8.02. The van der Waals surface area contributed by atoms with E-state index in [-0.39, 0.29) is 37.4 Å². The molecule has 182 valence electrons. The van der Waals surface area contributed by atoms with E-state index in [2.05, 4.69) is 5.32 Å². The molecule has 0 unspecified atom stereocenters.